The minimum absolute atomic E-state index is 0.0686. The highest BCUT2D eigenvalue weighted by molar-refractivity contribution is 8.01. The Kier molecular flexibility index (Phi) is 10.1. The first kappa shape index (κ1) is 25.3. The number of ether oxygens (including phenoxy) is 1. The smallest absolute Gasteiger partial charge is 0.315 e. The van der Waals surface area contributed by atoms with Gasteiger partial charge in [-0.3, -0.25) is 9.59 Å². The molecule has 0 amide bonds. The van der Waals surface area contributed by atoms with Gasteiger partial charge in [0.05, 0.1) is 30.3 Å². The fourth-order valence-corrected chi connectivity index (χ4v) is 7.08. The number of carbonyl (C=O) groups is 2. The zero-order valence-electron chi connectivity index (χ0n) is 18.1. The molecule has 5 nitrogen and oxygen atoms in total. The zero-order valence-corrected chi connectivity index (χ0v) is 20.6. The minimum atomic E-state index is -0.695. The summed E-state index contributed by atoms with van der Waals surface area (Å²) in [5, 5.41) is 21.7. The maximum absolute atomic E-state index is 12.3. The summed E-state index contributed by atoms with van der Waals surface area (Å²) in [6.45, 7) is 0. The van der Waals surface area contributed by atoms with Gasteiger partial charge in [0.1, 0.15) is 5.78 Å². The number of rotatable bonds is 12. The molecule has 8 heteroatoms. The van der Waals surface area contributed by atoms with Crippen molar-refractivity contribution in [1.82, 2.24) is 0 Å². The number of hydrogen-bond donors (Lipinski definition) is 2. The van der Waals surface area contributed by atoms with Gasteiger partial charge >= 0.3 is 5.97 Å². The zero-order chi connectivity index (χ0) is 22.9. The van der Waals surface area contributed by atoms with Gasteiger partial charge in [-0.05, 0) is 48.3 Å². The fourth-order valence-electron chi connectivity index (χ4n) is 3.70. The highest BCUT2D eigenvalue weighted by atomic mass is 32.2. The second-order valence-corrected chi connectivity index (χ2v) is 11.4. The Morgan fingerprint density at radius 2 is 2.16 bits per heavy atom. The van der Waals surface area contributed by atoms with E-state index in [0.29, 0.717) is 12.2 Å². The van der Waals surface area contributed by atoms with Crippen molar-refractivity contribution in [3.05, 3.63) is 47.4 Å². The molecular weight excluding hydrogens is 464 g/mol. The molecule has 3 rings (SSSR count). The van der Waals surface area contributed by atoms with Crippen LogP contribution in [0, 0.1) is 5.92 Å². The van der Waals surface area contributed by atoms with Crippen LogP contribution in [0.4, 0.5) is 0 Å². The Bertz CT molecular complexity index is 892. The van der Waals surface area contributed by atoms with Crippen LogP contribution in [0.2, 0.25) is 0 Å². The Balaban J connectivity index is 1.44. The maximum atomic E-state index is 12.3. The molecule has 1 aromatic heterocycles. The normalized spacial score (nSPS) is 22.1. The van der Waals surface area contributed by atoms with E-state index in [2.05, 4.69) is 22.9 Å². The number of ketones is 1. The molecule has 2 N–H and O–H groups in total. The lowest BCUT2D eigenvalue weighted by Crippen LogP contribution is -2.22. The van der Waals surface area contributed by atoms with E-state index in [9.17, 15) is 19.8 Å². The predicted molar refractivity (Wildman–Crippen MR) is 135 cm³/mol. The van der Waals surface area contributed by atoms with E-state index in [1.165, 1.54) is 33.8 Å². The number of Topliss-reactive ketones (excluding diaryl/α,β-unsaturated/α-hetero) is 1. The van der Waals surface area contributed by atoms with E-state index in [-0.39, 0.29) is 29.3 Å². The van der Waals surface area contributed by atoms with Gasteiger partial charge in [0.2, 0.25) is 0 Å². The Morgan fingerprint density at radius 3 is 2.94 bits per heavy atom. The summed E-state index contributed by atoms with van der Waals surface area (Å²) in [6.07, 6.45) is 4.70. The summed E-state index contributed by atoms with van der Waals surface area (Å²) in [6, 6.07) is 10.4. The number of aliphatic hydroxyl groups is 2. The van der Waals surface area contributed by atoms with Crippen molar-refractivity contribution in [2.24, 2.45) is 5.92 Å². The second-order valence-electron chi connectivity index (χ2n) is 7.83. The summed E-state index contributed by atoms with van der Waals surface area (Å²) < 4.78 is 5.87. The van der Waals surface area contributed by atoms with E-state index < -0.39 is 12.2 Å². The lowest BCUT2D eigenvalue weighted by molar-refractivity contribution is -0.137. The van der Waals surface area contributed by atoms with Crippen molar-refractivity contribution in [3.63, 3.8) is 0 Å². The highest BCUT2D eigenvalue weighted by Gasteiger charge is 2.40. The van der Waals surface area contributed by atoms with Gasteiger partial charge in [-0.2, -0.15) is 11.8 Å². The quantitative estimate of drug-likeness (QED) is 0.261. The van der Waals surface area contributed by atoms with Crippen LogP contribution in [-0.4, -0.2) is 63.8 Å². The summed E-state index contributed by atoms with van der Waals surface area (Å²) >= 11 is 4.83. The predicted octanol–water partition coefficient (Wildman–Crippen LogP) is 4.10. The van der Waals surface area contributed by atoms with Crippen LogP contribution in [-0.2, 0) is 20.7 Å². The average molecular weight is 495 g/mol. The molecule has 0 saturated heterocycles. The van der Waals surface area contributed by atoms with Gasteiger partial charge in [0.15, 0.2) is 0 Å². The molecule has 1 aliphatic carbocycles. The van der Waals surface area contributed by atoms with Gasteiger partial charge in [0.25, 0.3) is 0 Å². The number of carbonyl (C=O) groups excluding carboxylic acids is 2. The topological polar surface area (TPSA) is 83.8 Å². The molecule has 1 saturated carbocycles. The standard InChI is InChI=1S/C24H30O5S3/c1-29-23(28)15-30-11-4-12-31-24-19(20(26)14-21(24)27)10-8-17(25)7-9-18-13-16-5-2-3-6-22(16)32-18/h2-3,5-6,8,10,13,17,19-20,24-26H,4,7,9,11-12,14-15H2,1H3/t17-,19-,20+,24+/m0/s1. The van der Waals surface area contributed by atoms with Crippen molar-refractivity contribution in [1.29, 1.82) is 0 Å². The van der Waals surface area contributed by atoms with Gasteiger partial charge in [-0.15, -0.1) is 23.1 Å². The van der Waals surface area contributed by atoms with Gasteiger partial charge in [0, 0.05) is 21.9 Å². The van der Waals surface area contributed by atoms with E-state index in [1.807, 2.05) is 18.2 Å². The highest BCUT2D eigenvalue weighted by Crippen LogP contribution is 2.34. The monoisotopic (exact) mass is 494 g/mol. The lowest BCUT2D eigenvalue weighted by Gasteiger charge is -2.17. The first-order chi connectivity index (χ1) is 15.5. The molecule has 2 aromatic rings. The van der Waals surface area contributed by atoms with Crippen LogP contribution in [0.5, 0.6) is 0 Å². The van der Waals surface area contributed by atoms with Crippen LogP contribution in [0.15, 0.2) is 42.5 Å². The van der Waals surface area contributed by atoms with Crippen LogP contribution in [0.25, 0.3) is 10.1 Å². The summed E-state index contributed by atoms with van der Waals surface area (Å²) in [5.41, 5.74) is 0. The van der Waals surface area contributed by atoms with Crippen molar-refractivity contribution >= 4 is 56.7 Å². The van der Waals surface area contributed by atoms with Crippen molar-refractivity contribution in [2.75, 3.05) is 24.4 Å². The average Bonchev–Trinajstić information content (AvgIpc) is 3.32. The van der Waals surface area contributed by atoms with Crippen molar-refractivity contribution < 1.29 is 24.5 Å². The number of benzene rings is 1. The lowest BCUT2D eigenvalue weighted by atomic mass is 10.0. The molecule has 0 unspecified atom stereocenters. The molecule has 0 aliphatic heterocycles. The van der Waals surface area contributed by atoms with E-state index >= 15 is 0 Å². The third kappa shape index (κ3) is 7.35. The summed E-state index contributed by atoms with van der Waals surface area (Å²) in [4.78, 5) is 24.7. The Hall–Kier alpha value is -1.32. The molecular formula is C24H30O5S3. The fraction of sp³-hybridized carbons (Fsp3) is 0.500. The third-order valence-corrected chi connectivity index (χ3v) is 9.07. The molecule has 0 radical (unpaired) electrons. The second kappa shape index (κ2) is 12.8. The SMILES string of the molecule is COC(=O)CSCCCS[C@H]1C(=O)C[C@@H](O)[C@@H]1C=C[C@@H](O)CCc1cc2ccccc2s1. The van der Waals surface area contributed by atoms with E-state index in [1.54, 1.807) is 29.2 Å². The van der Waals surface area contributed by atoms with Gasteiger partial charge in [-0.1, -0.05) is 30.4 Å². The molecule has 1 aliphatic rings. The first-order valence-corrected chi connectivity index (χ1v) is 13.8. The number of thiophene rings is 1. The Labute approximate surface area is 201 Å². The number of hydrogen-bond acceptors (Lipinski definition) is 8. The largest absolute Gasteiger partial charge is 0.468 e. The number of aryl methyl sites for hydroxylation is 1. The molecule has 1 fully saturated rings. The van der Waals surface area contributed by atoms with E-state index in [4.69, 9.17) is 0 Å². The van der Waals surface area contributed by atoms with Crippen LogP contribution < -0.4 is 0 Å². The molecule has 174 valence electrons. The molecule has 0 spiro atoms. The van der Waals surface area contributed by atoms with Crippen LogP contribution >= 0.6 is 34.9 Å². The molecule has 1 aromatic carbocycles. The van der Waals surface area contributed by atoms with Crippen LogP contribution in [0.3, 0.4) is 0 Å². The Morgan fingerprint density at radius 1 is 1.34 bits per heavy atom. The number of fused-ring (bicyclic) bond motifs is 1. The first-order valence-electron chi connectivity index (χ1n) is 10.8. The molecule has 1 heterocycles. The summed E-state index contributed by atoms with van der Waals surface area (Å²) in [7, 11) is 1.38. The van der Waals surface area contributed by atoms with Gasteiger partial charge in [-0.25, -0.2) is 0 Å². The molecule has 4 atom stereocenters. The molecule has 0 bridgehead atoms. The third-order valence-electron chi connectivity index (χ3n) is 5.42. The number of thioether (sulfide) groups is 2. The van der Waals surface area contributed by atoms with Crippen LogP contribution in [0.1, 0.15) is 24.1 Å². The minimum Gasteiger partial charge on any atom is -0.468 e. The number of aliphatic hydroxyl groups excluding tert-OH is 2. The maximum Gasteiger partial charge on any atom is 0.315 e. The van der Waals surface area contributed by atoms with Crippen molar-refractivity contribution in [3.8, 4) is 0 Å². The summed E-state index contributed by atoms with van der Waals surface area (Å²) in [5.74, 6) is 1.52. The van der Waals surface area contributed by atoms with E-state index in [0.717, 1.165) is 24.3 Å². The molecule has 32 heavy (non-hydrogen) atoms. The van der Waals surface area contributed by atoms with Crippen molar-refractivity contribution in [2.45, 2.75) is 43.1 Å². The number of methoxy groups -OCH3 is 1. The number of esters is 1. The van der Waals surface area contributed by atoms with Gasteiger partial charge < -0.3 is 14.9 Å².